The summed E-state index contributed by atoms with van der Waals surface area (Å²) in [6.45, 7) is 5.87. The number of rotatable bonds is 4. The van der Waals surface area contributed by atoms with Crippen LogP contribution in [0.3, 0.4) is 0 Å². The van der Waals surface area contributed by atoms with Crippen LogP contribution in [0.4, 0.5) is 0 Å². The monoisotopic (exact) mass is 309 g/mol. The van der Waals surface area contributed by atoms with Crippen molar-refractivity contribution in [2.24, 2.45) is 5.41 Å². The molecule has 1 fully saturated rings. The highest BCUT2D eigenvalue weighted by molar-refractivity contribution is 7.89. The predicted octanol–water partition coefficient (Wildman–Crippen LogP) is 3.14. The molecular weight excluding hydrogens is 286 g/mol. The molecule has 0 heterocycles. The van der Waals surface area contributed by atoms with Gasteiger partial charge in [0.2, 0.25) is 10.0 Å². The van der Waals surface area contributed by atoms with E-state index in [4.69, 9.17) is 0 Å². The summed E-state index contributed by atoms with van der Waals surface area (Å²) in [7, 11) is -3.56. The van der Waals surface area contributed by atoms with E-state index in [1.165, 1.54) is 19.1 Å². The zero-order valence-corrected chi connectivity index (χ0v) is 13.7. The summed E-state index contributed by atoms with van der Waals surface area (Å²) in [5.74, 6) is -0.133. The maximum absolute atomic E-state index is 12.4. The van der Waals surface area contributed by atoms with Crippen molar-refractivity contribution in [1.82, 2.24) is 4.72 Å². The Balaban J connectivity index is 2.12. The Kier molecular flexibility index (Phi) is 4.54. The Hall–Kier alpha value is -1.20. The molecule has 1 aliphatic rings. The molecule has 0 spiro atoms. The lowest BCUT2D eigenvalue weighted by atomic mass is 9.76. The fourth-order valence-electron chi connectivity index (χ4n) is 2.69. The minimum atomic E-state index is -3.56. The van der Waals surface area contributed by atoms with Crippen LogP contribution in [0, 0.1) is 5.41 Å². The first-order chi connectivity index (χ1) is 9.70. The highest BCUT2D eigenvalue weighted by atomic mass is 32.2. The number of nitrogens with one attached hydrogen (secondary N) is 1. The van der Waals surface area contributed by atoms with Gasteiger partial charge in [-0.15, -0.1) is 0 Å². The molecule has 1 N–H and O–H groups in total. The summed E-state index contributed by atoms with van der Waals surface area (Å²) in [6.07, 6.45) is 3.76. The van der Waals surface area contributed by atoms with Gasteiger partial charge in [-0.2, -0.15) is 0 Å². The molecule has 0 bridgehead atoms. The van der Waals surface area contributed by atoms with E-state index in [0.29, 0.717) is 11.0 Å². The SMILES string of the molecule is CC(=O)c1cccc(S(=O)(=O)NC2CCC(C)(C)CC2)c1. The molecule has 1 aromatic carbocycles. The minimum absolute atomic E-state index is 0.0102. The Morgan fingerprint density at radius 3 is 2.43 bits per heavy atom. The van der Waals surface area contributed by atoms with E-state index >= 15 is 0 Å². The van der Waals surface area contributed by atoms with E-state index in [9.17, 15) is 13.2 Å². The molecule has 4 nitrogen and oxygen atoms in total. The molecule has 0 amide bonds. The number of hydrogen-bond acceptors (Lipinski definition) is 3. The number of carbonyl (C=O) groups is 1. The third-order valence-corrected chi connectivity index (χ3v) is 5.73. The summed E-state index contributed by atoms with van der Waals surface area (Å²) < 4.78 is 27.6. The smallest absolute Gasteiger partial charge is 0.240 e. The second-order valence-corrected chi connectivity index (χ2v) is 8.36. The van der Waals surface area contributed by atoms with Crippen LogP contribution in [0.25, 0.3) is 0 Å². The van der Waals surface area contributed by atoms with Gasteiger partial charge >= 0.3 is 0 Å². The van der Waals surface area contributed by atoms with Gasteiger partial charge < -0.3 is 0 Å². The van der Waals surface area contributed by atoms with Gasteiger partial charge in [-0.25, -0.2) is 13.1 Å². The van der Waals surface area contributed by atoms with Gasteiger partial charge in [0, 0.05) is 11.6 Å². The van der Waals surface area contributed by atoms with Crippen molar-refractivity contribution >= 4 is 15.8 Å². The van der Waals surface area contributed by atoms with Crippen LogP contribution >= 0.6 is 0 Å². The minimum Gasteiger partial charge on any atom is -0.295 e. The van der Waals surface area contributed by atoms with Crippen molar-refractivity contribution < 1.29 is 13.2 Å². The summed E-state index contributed by atoms with van der Waals surface area (Å²) in [6, 6.07) is 6.20. The second-order valence-electron chi connectivity index (χ2n) is 6.64. The zero-order chi connectivity index (χ0) is 15.7. The second kappa shape index (κ2) is 5.89. The quantitative estimate of drug-likeness (QED) is 0.869. The Labute approximate surface area is 127 Å². The first kappa shape index (κ1) is 16.2. The third kappa shape index (κ3) is 4.14. The molecule has 1 aliphatic carbocycles. The van der Waals surface area contributed by atoms with Crippen LogP contribution in [0.2, 0.25) is 0 Å². The van der Waals surface area contributed by atoms with Gasteiger partial charge in [-0.05, 0) is 50.2 Å². The highest BCUT2D eigenvalue weighted by Gasteiger charge is 2.29. The third-order valence-electron chi connectivity index (χ3n) is 4.21. The molecule has 0 aromatic heterocycles. The van der Waals surface area contributed by atoms with Crippen molar-refractivity contribution in [2.75, 3.05) is 0 Å². The Morgan fingerprint density at radius 2 is 1.86 bits per heavy atom. The van der Waals surface area contributed by atoms with E-state index in [1.807, 2.05) is 0 Å². The van der Waals surface area contributed by atoms with Gasteiger partial charge in [-0.1, -0.05) is 26.0 Å². The lowest BCUT2D eigenvalue weighted by Crippen LogP contribution is -2.39. The van der Waals surface area contributed by atoms with Crippen molar-refractivity contribution in [1.29, 1.82) is 0 Å². The average molecular weight is 309 g/mol. The lowest BCUT2D eigenvalue weighted by molar-refractivity contribution is 0.101. The molecule has 0 atom stereocenters. The van der Waals surface area contributed by atoms with Crippen LogP contribution in [-0.4, -0.2) is 20.2 Å². The number of carbonyl (C=O) groups excluding carboxylic acids is 1. The molecule has 0 saturated heterocycles. The normalized spacial score (nSPS) is 19.4. The molecule has 0 aliphatic heterocycles. The number of ketones is 1. The number of hydrogen-bond donors (Lipinski definition) is 1. The molecule has 2 rings (SSSR count). The number of benzene rings is 1. The van der Waals surface area contributed by atoms with E-state index in [2.05, 4.69) is 18.6 Å². The van der Waals surface area contributed by atoms with Crippen molar-refractivity contribution in [2.45, 2.75) is 57.4 Å². The van der Waals surface area contributed by atoms with E-state index in [0.717, 1.165) is 25.7 Å². The molecule has 0 unspecified atom stereocenters. The predicted molar refractivity (Wildman–Crippen MR) is 82.8 cm³/mol. The van der Waals surface area contributed by atoms with Crippen molar-refractivity contribution in [3.63, 3.8) is 0 Å². The fourth-order valence-corrected chi connectivity index (χ4v) is 4.04. The van der Waals surface area contributed by atoms with Crippen LogP contribution in [0.15, 0.2) is 29.2 Å². The molecule has 1 saturated carbocycles. The van der Waals surface area contributed by atoms with Crippen LogP contribution in [0.5, 0.6) is 0 Å². The average Bonchev–Trinajstić information content (AvgIpc) is 2.41. The number of sulfonamides is 1. The molecule has 1 aromatic rings. The summed E-state index contributed by atoms with van der Waals surface area (Å²) in [5, 5.41) is 0. The summed E-state index contributed by atoms with van der Waals surface area (Å²) in [5.41, 5.74) is 0.721. The fraction of sp³-hybridized carbons (Fsp3) is 0.562. The van der Waals surface area contributed by atoms with Crippen LogP contribution in [0.1, 0.15) is 56.8 Å². The van der Waals surface area contributed by atoms with E-state index < -0.39 is 10.0 Å². The summed E-state index contributed by atoms with van der Waals surface area (Å²) in [4.78, 5) is 11.5. The topological polar surface area (TPSA) is 63.2 Å². The molecule has 5 heteroatoms. The highest BCUT2D eigenvalue weighted by Crippen LogP contribution is 2.35. The maximum Gasteiger partial charge on any atom is 0.240 e. The van der Waals surface area contributed by atoms with Gasteiger partial charge in [0.05, 0.1) is 4.90 Å². The first-order valence-corrected chi connectivity index (χ1v) is 8.81. The number of Topliss-reactive ketones (excluding diaryl/α,β-unsaturated/α-hetero) is 1. The van der Waals surface area contributed by atoms with E-state index in [1.54, 1.807) is 12.1 Å². The molecule has 0 radical (unpaired) electrons. The Morgan fingerprint density at radius 1 is 1.24 bits per heavy atom. The van der Waals surface area contributed by atoms with Gasteiger partial charge in [0.1, 0.15) is 0 Å². The largest absolute Gasteiger partial charge is 0.295 e. The van der Waals surface area contributed by atoms with Gasteiger partial charge in [0.25, 0.3) is 0 Å². The van der Waals surface area contributed by atoms with E-state index in [-0.39, 0.29) is 16.7 Å². The Bertz CT molecular complexity index is 625. The lowest BCUT2D eigenvalue weighted by Gasteiger charge is -2.34. The first-order valence-electron chi connectivity index (χ1n) is 7.33. The maximum atomic E-state index is 12.4. The van der Waals surface area contributed by atoms with Gasteiger partial charge in [-0.3, -0.25) is 4.79 Å². The van der Waals surface area contributed by atoms with Gasteiger partial charge in [0.15, 0.2) is 5.78 Å². The van der Waals surface area contributed by atoms with Crippen LogP contribution < -0.4 is 4.72 Å². The van der Waals surface area contributed by atoms with Crippen LogP contribution in [-0.2, 0) is 10.0 Å². The molecule has 21 heavy (non-hydrogen) atoms. The van der Waals surface area contributed by atoms with Crippen molar-refractivity contribution in [3.8, 4) is 0 Å². The molecule has 116 valence electrons. The zero-order valence-electron chi connectivity index (χ0n) is 12.8. The summed E-state index contributed by atoms with van der Waals surface area (Å²) >= 11 is 0. The standard InChI is InChI=1S/C16H23NO3S/c1-12(18)13-5-4-6-15(11-13)21(19,20)17-14-7-9-16(2,3)10-8-14/h4-6,11,14,17H,7-10H2,1-3H3. The molecular formula is C16H23NO3S. The van der Waals surface area contributed by atoms with Crippen molar-refractivity contribution in [3.05, 3.63) is 29.8 Å².